The van der Waals surface area contributed by atoms with Gasteiger partial charge in [0.25, 0.3) is 0 Å². The molecule has 0 radical (unpaired) electrons. The predicted molar refractivity (Wildman–Crippen MR) is 29.3 cm³/mol. The standard InChI is InChI=1S/C6H10O3/c1-6-4-2-3-5(7-6)8-9-6/h5H,2-4H2,1H3/t5-,6+/m0/s1. The second-order valence-electron chi connectivity index (χ2n) is 2.75. The molecule has 0 unspecified atom stereocenters. The Labute approximate surface area is 53.8 Å². The van der Waals surface area contributed by atoms with Crippen molar-refractivity contribution in [2.24, 2.45) is 0 Å². The van der Waals surface area contributed by atoms with E-state index < -0.39 is 5.79 Å². The summed E-state index contributed by atoms with van der Waals surface area (Å²) in [7, 11) is 0. The maximum atomic E-state index is 5.34. The Morgan fingerprint density at radius 1 is 1.56 bits per heavy atom. The maximum Gasteiger partial charge on any atom is 0.201 e. The molecule has 0 aromatic carbocycles. The van der Waals surface area contributed by atoms with Gasteiger partial charge in [0, 0.05) is 12.8 Å². The highest BCUT2D eigenvalue weighted by molar-refractivity contribution is 4.71. The second kappa shape index (κ2) is 1.68. The summed E-state index contributed by atoms with van der Waals surface area (Å²) in [5, 5.41) is 0. The molecular weight excluding hydrogens is 120 g/mol. The van der Waals surface area contributed by atoms with E-state index in [1.54, 1.807) is 0 Å². The highest BCUT2D eigenvalue weighted by Crippen LogP contribution is 2.36. The topological polar surface area (TPSA) is 27.7 Å². The van der Waals surface area contributed by atoms with E-state index in [0.29, 0.717) is 0 Å². The summed E-state index contributed by atoms with van der Waals surface area (Å²) in [6.45, 7) is 1.91. The van der Waals surface area contributed by atoms with Crippen LogP contribution < -0.4 is 0 Å². The van der Waals surface area contributed by atoms with Crippen molar-refractivity contribution in [3.63, 3.8) is 0 Å². The van der Waals surface area contributed by atoms with E-state index in [1.807, 2.05) is 6.92 Å². The Kier molecular flexibility index (Phi) is 1.06. The van der Waals surface area contributed by atoms with Crippen molar-refractivity contribution in [3.8, 4) is 0 Å². The van der Waals surface area contributed by atoms with Gasteiger partial charge >= 0.3 is 0 Å². The van der Waals surface area contributed by atoms with Gasteiger partial charge in [0.2, 0.25) is 5.79 Å². The molecule has 2 bridgehead atoms. The summed E-state index contributed by atoms with van der Waals surface area (Å²) in [5.74, 6) is -0.428. The first-order chi connectivity index (χ1) is 4.29. The average Bonchev–Trinajstić information content (AvgIpc) is 2.07. The normalized spacial score (nSPS) is 49.7. The molecule has 2 atom stereocenters. The monoisotopic (exact) mass is 130 g/mol. The van der Waals surface area contributed by atoms with E-state index in [4.69, 9.17) is 14.5 Å². The van der Waals surface area contributed by atoms with Gasteiger partial charge in [-0.15, -0.1) is 0 Å². The molecule has 0 saturated carbocycles. The lowest BCUT2D eigenvalue weighted by atomic mass is 10.1. The third-order valence-corrected chi connectivity index (χ3v) is 1.78. The van der Waals surface area contributed by atoms with Crippen LogP contribution >= 0.6 is 0 Å². The summed E-state index contributed by atoms with van der Waals surface area (Å²) >= 11 is 0. The SMILES string of the molecule is C[C@]12CCC[C@H](OO1)O2. The van der Waals surface area contributed by atoms with Crippen LogP contribution in [0, 0.1) is 0 Å². The van der Waals surface area contributed by atoms with Crippen molar-refractivity contribution in [3.05, 3.63) is 0 Å². The van der Waals surface area contributed by atoms with Crippen LogP contribution in [-0.4, -0.2) is 12.1 Å². The minimum Gasteiger partial charge on any atom is -0.315 e. The van der Waals surface area contributed by atoms with Crippen LogP contribution in [0.15, 0.2) is 0 Å². The van der Waals surface area contributed by atoms with Gasteiger partial charge < -0.3 is 4.74 Å². The van der Waals surface area contributed by atoms with Crippen molar-refractivity contribution in [2.75, 3.05) is 0 Å². The van der Waals surface area contributed by atoms with Crippen LogP contribution in [0.5, 0.6) is 0 Å². The van der Waals surface area contributed by atoms with Crippen LogP contribution in [0.3, 0.4) is 0 Å². The largest absolute Gasteiger partial charge is 0.315 e. The van der Waals surface area contributed by atoms with Crippen LogP contribution in [0.25, 0.3) is 0 Å². The van der Waals surface area contributed by atoms with E-state index in [2.05, 4.69) is 0 Å². The Morgan fingerprint density at radius 2 is 2.44 bits per heavy atom. The lowest BCUT2D eigenvalue weighted by Crippen LogP contribution is -2.30. The molecule has 0 amide bonds. The lowest BCUT2D eigenvalue weighted by molar-refractivity contribution is -0.320. The van der Waals surface area contributed by atoms with Crippen LogP contribution in [-0.2, 0) is 14.5 Å². The fraction of sp³-hybridized carbons (Fsp3) is 1.00. The molecule has 0 aromatic heterocycles. The highest BCUT2D eigenvalue weighted by atomic mass is 17.3. The lowest BCUT2D eigenvalue weighted by Gasteiger charge is -2.23. The molecule has 2 aliphatic heterocycles. The Hall–Kier alpha value is -0.120. The van der Waals surface area contributed by atoms with Gasteiger partial charge in [-0.05, 0) is 13.3 Å². The quantitative estimate of drug-likeness (QED) is 0.461. The molecule has 0 N–H and O–H groups in total. The molecular formula is C6H10O3. The maximum absolute atomic E-state index is 5.34. The average molecular weight is 130 g/mol. The fourth-order valence-electron chi connectivity index (χ4n) is 1.27. The zero-order valence-corrected chi connectivity index (χ0v) is 5.42. The summed E-state index contributed by atoms with van der Waals surface area (Å²) in [6, 6.07) is 0. The molecule has 0 aromatic rings. The molecule has 2 aliphatic rings. The first kappa shape index (κ1) is 5.65. The zero-order valence-electron chi connectivity index (χ0n) is 5.42. The van der Waals surface area contributed by atoms with Gasteiger partial charge in [-0.3, -0.25) is 0 Å². The second-order valence-corrected chi connectivity index (χ2v) is 2.75. The molecule has 2 rings (SSSR count). The van der Waals surface area contributed by atoms with Crippen LogP contribution in [0.4, 0.5) is 0 Å². The van der Waals surface area contributed by atoms with Gasteiger partial charge in [-0.2, -0.15) is 4.89 Å². The molecule has 52 valence electrons. The summed E-state index contributed by atoms with van der Waals surface area (Å²) in [5.41, 5.74) is 0. The smallest absolute Gasteiger partial charge is 0.201 e. The third kappa shape index (κ3) is 0.852. The Morgan fingerprint density at radius 3 is 3.11 bits per heavy atom. The molecule has 3 heteroatoms. The molecule has 0 aliphatic carbocycles. The van der Waals surface area contributed by atoms with E-state index in [-0.39, 0.29) is 6.29 Å². The molecule has 9 heavy (non-hydrogen) atoms. The number of ether oxygens (including phenoxy) is 1. The number of rotatable bonds is 0. The van der Waals surface area contributed by atoms with Crippen LogP contribution in [0.1, 0.15) is 26.2 Å². The molecule has 2 heterocycles. The number of hydrogen-bond acceptors (Lipinski definition) is 3. The zero-order chi connectivity index (χ0) is 6.32. The van der Waals surface area contributed by atoms with Gasteiger partial charge in [0.15, 0.2) is 6.29 Å². The fourth-order valence-corrected chi connectivity index (χ4v) is 1.27. The van der Waals surface area contributed by atoms with Crippen molar-refractivity contribution in [2.45, 2.75) is 38.3 Å². The highest BCUT2D eigenvalue weighted by Gasteiger charge is 2.42. The Balaban J connectivity index is 2.13. The molecule has 0 spiro atoms. The Bertz CT molecular complexity index is 121. The van der Waals surface area contributed by atoms with Crippen molar-refractivity contribution in [1.82, 2.24) is 0 Å². The molecule has 2 fully saturated rings. The van der Waals surface area contributed by atoms with E-state index >= 15 is 0 Å². The van der Waals surface area contributed by atoms with E-state index in [9.17, 15) is 0 Å². The van der Waals surface area contributed by atoms with Crippen molar-refractivity contribution < 1.29 is 14.5 Å². The van der Waals surface area contributed by atoms with Crippen molar-refractivity contribution >= 4 is 0 Å². The van der Waals surface area contributed by atoms with Gasteiger partial charge in [0.05, 0.1) is 0 Å². The predicted octanol–water partition coefficient (Wildman–Crippen LogP) is 1.19. The van der Waals surface area contributed by atoms with Crippen molar-refractivity contribution in [1.29, 1.82) is 0 Å². The number of fused-ring (bicyclic) bond motifs is 2. The number of hydrogen-bond donors (Lipinski definition) is 0. The summed E-state index contributed by atoms with van der Waals surface area (Å²) in [4.78, 5) is 9.80. The van der Waals surface area contributed by atoms with Gasteiger partial charge in [-0.1, -0.05) is 0 Å². The minimum absolute atomic E-state index is 0.0938. The van der Waals surface area contributed by atoms with E-state index in [1.165, 1.54) is 0 Å². The van der Waals surface area contributed by atoms with Gasteiger partial charge in [-0.25, -0.2) is 4.89 Å². The summed E-state index contributed by atoms with van der Waals surface area (Å²) in [6.07, 6.45) is 2.96. The van der Waals surface area contributed by atoms with Crippen LogP contribution in [0.2, 0.25) is 0 Å². The van der Waals surface area contributed by atoms with E-state index in [0.717, 1.165) is 19.3 Å². The minimum atomic E-state index is -0.428. The first-order valence-corrected chi connectivity index (χ1v) is 3.31. The third-order valence-electron chi connectivity index (χ3n) is 1.78. The molecule has 3 nitrogen and oxygen atoms in total. The molecule has 2 saturated heterocycles. The summed E-state index contributed by atoms with van der Waals surface area (Å²) < 4.78 is 5.34. The van der Waals surface area contributed by atoms with Gasteiger partial charge in [0.1, 0.15) is 0 Å². The first-order valence-electron chi connectivity index (χ1n) is 3.31.